The molecule has 106 valence electrons. The van der Waals surface area contributed by atoms with Gasteiger partial charge in [-0.3, -0.25) is 0 Å². The van der Waals surface area contributed by atoms with Crippen LogP contribution >= 0.6 is 0 Å². The summed E-state index contributed by atoms with van der Waals surface area (Å²) in [5, 5.41) is 20.0. The number of benzene rings is 2. The van der Waals surface area contributed by atoms with Gasteiger partial charge >= 0.3 is 0 Å². The van der Waals surface area contributed by atoms with Crippen LogP contribution in [0.25, 0.3) is 0 Å². The van der Waals surface area contributed by atoms with Crippen molar-refractivity contribution >= 4 is 0 Å². The van der Waals surface area contributed by atoms with Crippen molar-refractivity contribution in [3.05, 3.63) is 58.7 Å². The van der Waals surface area contributed by atoms with Crippen LogP contribution in [-0.2, 0) is 12.8 Å². The maximum atomic E-state index is 10.0. The molecule has 0 atom stereocenters. The first-order valence-corrected chi connectivity index (χ1v) is 7.21. The van der Waals surface area contributed by atoms with E-state index in [0.29, 0.717) is 11.5 Å². The third-order valence-corrected chi connectivity index (χ3v) is 4.02. The Balaban J connectivity index is 2.55. The van der Waals surface area contributed by atoms with Gasteiger partial charge in [-0.1, -0.05) is 45.0 Å². The Morgan fingerprint density at radius 1 is 0.800 bits per heavy atom. The maximum absolute atomic E-state index is 10.0. The maximum Gasteiger partial charge on any atom is 0.119 e. The molecule has 0 heterocycles. The van der Waals surface area contributed by atoms with Crippen LogP contribution in [0.3, 0.4) is 0 Å². The predicted molar refractivity (Wildman–Crippen MR) is 82.5 cm³/mol. The van der Waals surface area contributed by atoms with Crippen LogP contribution in [0.5, 0.6) is 11.5 Å². The standard InChI is InChI=1S/C18H22O2/c1-4-13-15(8-6-10-17(13)19)12(3)16-9-7-11-18(20)14(16)5-2/h6-12,19-20H,4-5H2,1-3H3. The quantitative estimate of drug-likeness (QED) is 0.865. The summed E-state index contributed by atoms with van der Waals surface area (Å²) in [4.78, 5) is 0. The second-order valence-electron chi connectivity index (χ2n) is 5.12. The number of phenols is 2. The highest BCUT2D eigenvalue weighted by molar-refractivity contribution is 5.49. The first kappa shape index (κ1) is 14.4. The summed E-state index contributed by atoms with van der Waals surface area (Å²) in [5.74, 6) is 0.865. The van der Waals surface area contributed by atoms with E-state index in [1.54, 1.807) is 12.1 Å². The zero-order valence-corrected chi connectivity index (χ0v) is 12.4. The summed E-state index contributed by atoms with van der Waals surface area (Å²) in [7, 11) is 0. The van der Waals surface area contributed by atoms with Gasteiger partial charge in [0.15, 0.2) is 0 Å². The highest BCUT2D eigenvalue weighted by Crippen LogP contribution is 2.35. The Labute approximate surface area is 120 Å². The van der Waals surface area contributed by atoms with Crippen LogP contribution in [-0.4, -0.2) is 10.2 Å². The van der Waals surface area contributed by atoms with Gasteiger partial charge < -0.3 is 10.2 Å². The van der Waals surface area contributed by atoms with E-state index >= 15 is 0 Å². The van der Waals surface area contributed by atoms with Crippen LogP contribution in [0.15, 0.2) is 36.4 Å². The summed E-state index contributed by atoms with van der Waals surface area (Å²) in [6.45, 7) is 6.23. The molecule has 20 heavy (non-hydrogen) atoms. The minimum absolute atomic E-state index is 0.152. The molecule has 0 saturated heterocycles. The number of phenolic OH excluding ortho intramolecular Hbond substituents is 2. The molecule has 0 fully saturated rings. The molecule has 0 amide bonds. The molecule has 0 aliphatic carbocycles. The first-order chi connectivity index (χ1) is 9.60. The molecule has 0 aliphatic heterocycles. The molecule has 0 spiro atoms. The van der Waals surface area contributed by atoms with Crippen LogP contribution in [0.2, 0.25) is 0 Å². The molecule has 0 unspecified atom stereocenters. The average molecular weight is 270 g/mol. The largest absolute Gasteiger partial charge is 0.508 e. The van der Waals surface area contributed by atoms with E-state index in [4.69, 9.17) is 0 Å². The highest BCUT2D eigenvalue weighted by atomic mass is 16.3. The van der Waals surface area contributed by atoms with Crippen molar-refractivity contribution in [3.8, 4) is 11.5 Å². The molecule has 2 N–H and O–H groups in total. The van der Waals surface area contributed by atoms with Crippen LogP contribution in [0.1, 0.15) is 48.9 Å². The SMILES string of the molecule is CCc1c(O)cccc1C(C)c1cccc(O)c1CC. The summed E-state index contributed by atoms with van der Waals surface area (Å²) in [6.07, 6.45) is 1.60. The van der Waals surface area contributed by atoms with Crippen molar-refractivity contribution in [3.63, 3.8) is 0 Å². The van der Waals surface area contributed by atoms with Gasteiger partial charge in [0.25, 0.3) is 0 Å². The third kappa shape index (κ3) is 2.51. The van der Waals surface area contributed by atoms with Crippen LogP contribution in [0.4, 0.5) is 0 Å². The molecule has 0 aliphatic rings. The lowest BCUT2D eigenvalue weighted by atomic mass is 9.85. The van der Waals surface area contributed by atoms with E-state index < -0.39 is 0 Å². The summed E-state index contributed by atoms with van der Waals surface area (Å²) in [6, 6.07) is 11.4. The third-order valence-electron chi connectivity index (χ3n) is 4.02. The van der Waals surface area contributed by atoms with Crippen molar-refractivity contribution in [2.24, 2.45) is 0 Å². The van der Waals surface area contributed by atoms with E-state index in [9.17, 15) is 10.2 Å². The average Bonchev–Trinajstić information content (AvgIpc) is 2.46. The Bertz CT molecular complexity index is 549. The van der Waals surface area contributed by atoms with Crippen molar-refractivity contribution < 1.29 is 10.2 Å². The minimum atomic E-state index is 0.152. The van der Waals surface area contributed by atoms with E-state index in [1.807, 2.05) is 12.1 Å². The fourth-order valence-corrected chi connectivity index (χ4v) is 2.93. The van der Waals surface area contributed by atoms with Gasteiger partial charge in [0.2, 0.25) is 0 Å². The lowest BCUT2D eigenvalue weighted by Gasteiger charge is -2.20. The molecule has 2 rings (SSSR count). The zero-order chi connectivity index (χ0) is 14.7. The predicted octanol–water partition coefficient (Wildman–Crippen LogP) is 4.37. The van der Waals surface area contributed by atoms with Gasteiger partial charge in [-0.2, -0.15) is 0 Å². The Morgan fingerprint density at radius 2 is 1.20 bits per heavy atom. The molecular formula is C18H22O2. The summed E-state index contributed by atoms with van der Waals surface area (Å²) >= 11 is 0. The second-order valence-corrected chi connectivity index (χ2v) is 5.12. The zero-order valence-electron chi connectivity index (χ0n) is 12.4. The molecule has 2 aromatic rings. The van der Waals surface area contributed by atoms with Crippen molar-refractivity contribution in [2.75, 3.05) is 0 Å². The fraction of sp³-hybridized carbons (Fsp3) is 0.333. The normalized spacial score (nSPS) is 11.0. The van der Waals surface area contributed by atoms with E-state index in [0.717, 1.165) is 35.1 Å². The van der Waals surface area contributed by atoms with Crippen molar-refractivity contribution in [1.82, 2.24) is 0 Å². The molecule has 2 nitrogen and oxygen atoms in total. The Hall–Kier alpha value is -1.96. The van der Waals surface area contributed by atoms with Crippen molar-refractivity contribution in [1.29, 1.82) is 0 Å². The van der Waals surface area contributed by atoms with Gasteiger partial charge in [0.1, 0.15) is 11.5 Å². The van der Waals surface area contributed by atoms with Gasteiger partial charge in [-0.05, 0) is 47.2 Å². The van der Waals surface area contributed by atoms with Gasteiger partial charge in [0.05, 0.1) is 0 Å². The number of hydrogen-bond acceptors (Lipinski definition) is 2. The number of aromatic hydroxyl groups is 2. The number of rotatable bonds is 4. The lowest BCUT2D eigenvalue weighted by molar-refractivity contribution is 0.466. The summed E-state index contributed by atoms with van der Waals surface area (Å²) in [5.41, 5.74) is 4.25. The molecular weight excluding hydrogens is 248 g/mol. The first-order valence-electron chi connectivity index (χ1n) is 7.21. The van der Waals surface area contributed by atoms with E-state index in [1.165, 1.54) is 0 Å². The second kappa shape index (κ2) is 6.00. The Morgan fingerprint density at radius 3 is 1.55 bits per heavy atom. The van der Waals surface area contributed by atoms with E-state index in [2.05, 4.69) is 32.9 Å². The summed E-state index contributed by atoms with van der Waals surface area (Å²) < 4.78 is 0. The van der Waals surface area contributed by atoms with Crippen molar-refractivity contribution in [2.45, 2.75) is 39.5 Å². The van der Waals surface area contributed by atoms with Gasteiger partial charge in [-0.25, -0.2) is 0 Å². The minimum Gasteiger partial charge on any atom is -0.508 e. The smallest absolute Gasteiger partial charge is 0.119 e. The molecule has 0 radical (unpaired) electrons. The molecule has 0 saturated carbocycles. The number of hydrogen-bond donors (Lipinski definition) is 2. The molecule has 0 aromatic heterocycles. The molecule has 2 aromatic carbocycles. The molecule has 2 heteroatoms. The topological polar surface area (TPSA) is 40.5 Å². The highest BCUT2D eigenvalue weighted by Gasteiger charge is 2.18. The van der Waals surface area contributed by atoms with E-state index in [-0.39, 0.29) is 5.92 Å². The lowest BCUT2D eigenvalue weighted by Crippen LogP contribution is -2.04. The van der Waals surface area contributed by atoms with Gasteiger partial charge in [0, 0.05) is 5.92 Å². The monoisotopic (exact) mass is 270 g/mol. The van der Waals surface area contributed by atoms with Crippen LogP contribution < -0.4 is 0 Å². The van der Waals surface area contributed by atoms with Gasteiger partial charge in [-0.15, -0.1) is 0 Å². The molecule has 0 bridgehead atoms. The fourth-order valence-electron chi connectivity index (χ4n) is 2.93. The Kier molecular flexibility index (Phi) is 4.33. The van der Waals surface area contributed by atoms with Crippen LogP contribution in [0, 0.1) is 0 Å².